The van der Waals surface area contributed by atoms with Gasteiger partial charge in [-0.3, -0.25) is 10.3 Å². The maximum absolute atomic E-state index is 11.7. The molecule has 2 heterocycles. The Balaban J connectivity index is 1.33. The van der Waals surface area contributed by atoms with Gasteiger partial charge >= 0.3 is 5.97 Å². The van der Waals surface area contributed by atoms with Gasteiger partial charge in [-0.25, -0.2) is 4.79 Å². The van der Waals surface area contributed by atoms with Gasteiger partial charge in [0.2, 0.25) is 0 Å². The van der Waals surface area contributed by atoms with Crippen LogP contribution in [0.4, 0.5) is 0 Å². The van der Waals surface area contributed by atoms with E-state index in [0.717, 1.165) is 47.1 Å². The van der Waals surface area contributed by atoms with Crippen molar-refractivity contribution in [3.8, 4) is 0 Å². The molecule has 1 aromatic heterocycles. The summed E-state index contributed by atoms with van der Waals surface area (Å²) in [7, 11) is 1.33. The smallest absolute Gasteiger partial charge is 0.366 e. The van der Waals surface area contributed by atoms with E-state index >= 15 is 0 Å². The molecule has 3 rings (SSSR count). The van der Waals surface area contributed by atoms with E-state index in [1.807, 2.05) is 25.1 Å². The Morgan fingerprint density at radius 1 is 1.27 bits per heavy atom. The quantitative estimate of drug-likeness (QED) is 0.371. The third kappa shape index (κ3) is 5.03. The molecule has 1 aliphatic heterocycles. The first-order chi connectivity index (χ1) is 14.3. The molecule has 0 radical (unpaired) electrons. The first-order valence-electron chi connectivity index (χ1n) is 10.3. The molecule has 164 valence electrons. The van der Waals surface area contributed by atoms with Crippen LogP contribution < -0.4 is 5.48 Å². The fourth-order valence-corrected chi connectivity index (χ4v) is 3.45. The van der Waals surface area contributed by atoms with Crippen molar-refractivity contribution >= 4 is 22.6 Å². The van der Waals surface area contributed by atoms with E-state index in [0.29, 0.717) is 25.5 Å². The number of carbonyl (C=O) groups excluding carboxylic acids is 1. The van der Waals surface area contributed by atoms with E-state index in [-0.39, 0.29) is 5.92 Å². The van der Waals surface area contributed by atoms with Crippen molar-refractivity contribution in [2.75, 3.05) is 26.9 Å². The lowest BCUT2D eigenvalue weighted by molar-refractivity contribution is -0.272. The third-order valence-electron chi connectivity index (χ3n) is 5.57. The van der Waals surface area contributed by atoms with Gasteiger partial charge in [-0.1, -0.05) is 25.1 Å². The molecular formula is C23H31NO6. The van der Waals surface area contributed by atoms with Crippen LogP contribution in [-0.4, -0.2) is 38.7 Å². The minimum absolute atomic E-state index is 0.262. The van der Waals surface area contributed by atoms with Crippen molar-refractivity contribution < 1.29 is 28.3 Å². The van der Waals surface area contributed by atoms with E-state index in [1.54, 1.807) is 6.92 Å². The molecule has 0 unspecified atom stereocenters. The van der Waals surface area contributed by atoms with Crippen LogP contribution in [0.1, 0.15) is 43.1 Å². The number of benzene rings is 1. The average Bonchev–Trinajstić information content (AvgIpc) is 3.04. The zero-order valence-electron chi connectivity index (χ0n) is 18.2. The summed E-state index contributed by atoms with van der Waals surface area (Å²) < 4.78 is 21.6. The number of rotatable bonds is 9. The van der Waals surface area contributed by atoms with Gasteiger partial charge in [0.1, 0.15) is 11.3 Å². The molecule has 0 spiro atoms. The molecule has 1 N–H and O–H groups in total. The Labute approximate surface area is 177 Å². The molecule has 1 saturated heterocycles. The Hall–Kier alpha value is -2.35. The summed E-state index contributed by atoms with van der Waals surface area (Å²) in [5, 5.41) is 1.12. The highest BCUT2D eigenvalue weighted by molar-refractivity contribution is 5.85. The third-order valence-corrected chi connectivity index (χ3v) is 5.57. The van der Waals surface area contributed by atoms with Crippen LogP contribution in [0.15, 0.2) is 29.2 Å². The number of hydrogen-bond acceptors (Lipinski definition) is 7. The summed E-state index contributed by atoms with van der Waals surface area (Å²) in [5.74, 6) is -0.593. The van der Waals surface area contributed by atoms with Crippen LogP contribution in [0.3, 0.4) is 0 Å². The van der Waals surface area contributed by atoms with Gasteiger partial charge in [-0.2, -0.15) is 0 Å². The Kier molecular flexibility index (Phi) is 7.18. The summed E-state index contributed by atoms with van der Waals surface area (Å²) in [6.07, 6.45) is 2.80. The number of esters is 1. The van der Waals surface area contributed by atoms with Crippen LogP contribution in [0, 0.1) is 19.8 Å². The van der Waals surface area contributed by atoms with Crippen molar-refractivity contribution in [1.29, 1.82) is 0 Å². The zero-order valence-corrected chi connectivity index (χ0v) is 18.2. The Morgan fingerprint density at radius 2 is 2.00 bits per heavy atom. The Bertz CT molecular complexity index is 894. The molecule has 0 bridgehead atoms. The first-order valence-corrected chi connectivity index (χ1v) is 10.3. The monoisotopic (exact) mass is 417 g/mol. The van der Waals surface area contributed by atoms with Gasteiger partial charge in [0.05, 0.1) is 32.6 Å². The fraction of sp³-hybridized carbons (Fsp3) is 0.522. The number of hydrogen-bond donors (Lipinski definition) is 1. The van der Waals surface area contributed by atoms with Gasteiger partial charge in [0.25, 0.3) is 5.79 Å². The highest BCUT2D eigenvalue weighted by Crippen LogP contribution is 2.27. The van der Waals surface area contributed by atoms with Crippen LogP contribution in [-0.2, 0) is 23.8 Å². The molecule has 0 amide bonds. The zero-order chi connectivity index (χ0) is 21.7. The summed E-state index contributed by atoms with van der Waals surface area (Å²) >= 11 is 0. The van der Waals surface area contributed by atoms with Crippen LogP contribution in [0.2, 0.25) is 0 Å². The Morgan fingerprint density at radius 3 is 2.70 bits per heavy atom. The molecule has 1 aromatic carbocycles. The number of ether oxygens (including phenoxy) is 3. The molecule has 0 saturated carbocycles. The van der Waals surface area contributed by atoms with E-state index in [9.17, 15) is 4.79 Å². The second-order valence-electron chi connectivity index (χ2n) is 7.84. The predicted octanol–water partition coefficient (Wildman–Crippen LogP) is 4.26. The van der Waals surface area contributed by atoms with Crippen molar-refractivity contribution in [2.45, 2.75) is 45.8 Å². The molecule has 7 nitrogen and oxygen atoms in total. The van der Waals surface area contributed by atoms with E-state index < -0.39 is 11.8 Å². The van der Waals surface area contributed by atoms with Gasteiger partial charge in [-0.05, 0) is 38.3 Å². The van der Waals surface area contributed by atoms with Gasteiger partial charge < -0.3 is 18.6 Å². The van der Waals surface area contributed by atoms with E-state index in [1.165, 1.54) is 7.11 Å². The van der Waals surface area contributed by atoms with Crippen molar-refractivity contribution in [2.24, 2.45) is 5.92 Å². The number of hydroxylamine groups is 1. The standard InChI is InChI=1S/C23H31NO6/c1-15-17(3)30-21-12-19(9-10-20(15)21)16(2)24-29-11-7-6-8-18-13-27-23(4,28-14-18)22(25)26-5/h9-10,12,18,24H,2,6-8,11,13-14H2,1,3-5H3. The highest BCUT2D eigenvalue weighted by Gasteiger charge is 2.41. The van der Waals surface area contributed by atoms with Crippen LogP contribution in [0.25, 0.3) is 16.7 Å². The van der Waals surface area contributed by atoms with E-state index in [2.05, 4.69) is 19.0 Å². The fourth-order valence-electron chi connectivity index (χ4n) is 3.45. The van der Waals surface area contributed by atoms with Gasteiger partial charge in [0.15, 0.2) is 0 Å². The van der Waals surface area contributed by atoms with Gasteiger partial charge in [-0.15, -0.1) is 0 Å². The maximum atomic E-state index is 11.7. The lowest BCUT2D eigenvalue weighted by atomic mass is 10.0. The molecule has 0 atom stereocenters. The molecule has 1 fully saturated rings. The second-order valence-corrected chi connectivity index (χ2v) is 7.84. The number of furan rings is 1. The van der Waals surface area contributed by atoms with Crippen molar-refractivity contribution in [3.63, 3.8) is 0 Å². The average molecular weight is 418 g/mol. The highest BCUT2D eigenvalue weighted by atomic mass is 16.7. The normalized spacial score (nSPS) is 21.5. The summed E-state index contributed by atoms with van der Waals surface area (Å²) in [6.45, 7) is 11.2. The largest absolute Gasteiger partial charge is 0.465 e. The van der Waals surface area contributed by atoms with E-state index in [4.69, 9.17) is 23.5 Å². The molecule has 7 heteroatoms. The molecule has 30 heavy (non-hydrogen) atoms. The molecular weight excluding hydrogens is 386 g/mol. The first kappa shape index (κ1) is 22.3. The van der Waals surface area contributed by atoms with Crippen LogP contribution >= 0.6 is 0 Å². The number of methoxy groups -OCH3 is 1. The molecule has 1 aliphatic rings. The number of unbranched alkanes of at least 4 members (excludes halogenated alkanes) is 1. The van der Waals surface area contributed by atoms with Crippen LogP contribution in [0.5, 0.6) is 0 Å². The summed E-state index contributed by atoms with van der Waals surface area (Å²) in [5.41, 5.74) is 6.56. The molecule has 0 aliphatic carbocycles. The minimum atomic E-state index is -1.28. The maximum Gasteiger partial charge on any atom is 0.366 e. The number of fused-ring (bicyclic) bond motifs is 1. The van der Waals surface area contributed by atoms with Crippen molar-refractivity contribution in [3.05, 3.63) is 41.7 Å². The summed E-state index contributed by atoms with van der Waals surface area (Å²) in [6, 6.07) is 6.02. The predicted molar refractivity (Wildman–Crippen MR) is 113 cm³/mol. The lowest BCUT2D eigenvalue weighted by Gasteiger charge is -2.35. The summed E-state index contributed by atoms with van der Waals surface area (Å²) in [4.78, 5) is 17.2. The lowest BCUT2D eigenvalue weighted by Crippen LogP contribution is -2.48. The van der Waals surface area contributed by atoms with Gasteiger partial charge in [0, 0.05) is 23.8 Å². The topological polar surface area (TPSA) is 79.2 Å². The SMILES string of the molecule is C=C(NOCCCCC1COC(C)(C(=O)OC)OC1)c1ccc2c(C)c(C)oc2c1. The second kappa shape index (κ2) is 9.64. The number of aryl methyl sites for hydroxylation is 2. The molecule has 2 aromatic rings. The minimum Gasteiger partial charge on any atom is -0.465 e. The van der Waals surface area contributed by atoms with Crippen molar-refractivity contribution in [1.82, 2.24) is 5.48 Å². The number of carbonyl (C=O) groups is 1. The number of nitrogens with one attached hydrogen (secondary N) is 1.